The molecule has 13 nitrogen and oxygen atoms in total. The van der Waals surface area contributed by atoms with Gasteiger partial charge in [-0.15, -0.1) is 0 Å². The Balaban J connectivity index is 0.000000314. The standard InChI is InChI=1S/C24H32O8.C20H23NO4.CH3/c1-2-6-22-21(5-1)29-17-13-25-9-10-27-15-19-31-23-7-3-4-8-24(23)32-20-16-28-12-11-26-14-18-30-22;1-13-5-14(2)8-17(7-13)19(22)24-11-21-12-25-20(23)18-9-15(3)6-16(4)10-18;/h1-8H,9-20H2;5-10,21H,11-12H2,1-4H3;1H3/q;;-1. The van der Waals surface area contributed by atoms with Crippen molar-refractivity contribution in [3.63, 3.8) is 0 Å². The topological polar surface area (TPSA) is 138 Å². The highest BCUT2D eigenvalue weighted by atomic mass is 16.6. The second-order valence-electron chi connectivity index (χ2n) is 12.9. The predicted octanol–water partition coefficient (Wildman–Crippen LogP) is 6.87. The molecule has 0 bridgehead atoms. The molecule has 0 atom stereocenters. The van der Waals surface area contributed by atoms with E-state index in [2.05, 4.69) is 5.32 Å². The summed E-state index contributed by atoms with van der Waals surface area (Å²) >= 11 is 0. The van der Waals surface area contributed by atoms with E-state index in [0.29, 0.717) is 113 Å². The van der Waals surface area contributed by atoms with E-state index in [1.54, 1.807) is 24.3 Å². The van der Waals surface area contributed by atoms with Crippen molar-refractivity contribution in [1.29, 1.82) is 0 Å². The molecule has 4 aromatic rings. The number of para-hydroxylation sites is 4. The van der Waals surface area contributed by atoms with Gasteiger partial charge in [-0.25, -0.2) is 9.59 Å². The van der Waals surface area contributed by atoms with Gasteiger partial charge in [0, 0.05) is 0 Å². The van der Waals surface area contributed by atoms with Crippen molar-refractivity contribution >= 4 is 11.9 Å². The van der Waals surface area contributed by atoms with Crippen LogP contribution in [0.1, 0.15) is 43.0 Å². The van der Waals surface area contributed by atoms with Crippen molar-refractivity contribution in [2.45, 2.75) is 27.7 Å². The molecule has 0 aromatic heterocycles. The Morgan fingerprint density at radius 1 is 0.448 bits per heavy atom. The molecule has 13 heteroatoms. The van der Waals surface area contributed by atoms with Gasteiger partial charge in [0.1, 0.15) is 39.9 Å². The van der Waals surface area contributed by atoms with Crippen molar-refractivity contribution in [2.24, 2.45) is 0 Å². The monoisotopic (exact) mass is 804 g/mol. The molecule has 0 unspecified atom stereocenters. The average Bonchev–Trinajstić information content (AvgIpc) is 3.19. The molecule has 0 spiro atoms. The first-order chi connectivity index (χ1) is 27.8. The minimum atomic E-state index is -0.417. The zero-order valence-corrected chi connectivity index (χ0v) is 34.4. The van der Waals surface area contributed by atoms with E-state index in [1.807, 2.05) is 88.4 Å². The highest BCUT2D eigenvalue weighted by Gasteiger charge is 2.11. The molecule has 58 heavy (non-hydrogen) atoms. The average molecular weight is 805 g/mol. The van der Waals surface area contributed by atoms with Gasteiger partial charge in [0.2, 0.25) is 0 Å². The van der Waals surface area contributed by atoms with Crippen LogP contribution in [0.5, 0.6) is 23.0 Å². The number of aryl methyl sites for hydroxylation is 4. The van der Waals surface area contributed by atoms with Gasteiger partial charge in [0.15, 0.2) is 23.0 Å². The summed E-state index contributed by atoms with van der Waals surface area (Å²) in [6.45, 7) is 13.1. The van der Waals surface area contributed by atoms with Gasteiger partial charge in [-0.1, -0.05) is 58.7 Å². The smallest absolute Gasteiger partial charge is 0.339 e. The Labute approximate surface area is 342 Å². The van der Waals surface area contributed by atoms with Crippen LogP contribution in [0.2, 0.25) is 0 Å². The van der Waals surface area contributed by atoms with E-state index in [0.717, 1.165) is 22.3 Å². The van der Waals surface area contributed by atoms with E-state index in [9.17, 15) is 9.59 Å². The van der Waals surface area contributed by atoms with Crippen LogP contribution in [0.25, 0.3) is 0 Å². The summed E-state index contributed by atoms with van der Waals surface area (Å²) in [7, 11) is 0. The SMILES string of the molecule is Cc1cc(C)cc(C(=O)OCNCOC(=O)c2cc(C)cc(C)c2)c1.[CH3-].c1ccc2c(c1)OCCOCCOCCOc1ccccc1OCCOCCOCCO2. The Morgan fingerprint density at radius 2 is 0.707 bits per heavy atom. The van der Waals surface area contributed by atoms with Crippen LogP contribution in [-0.4, -0.2) is 105 Å². The number of carbonyl (C=O) groups excluding carboxylic acids is 2. The zero-order chi connectivity index (χ0) is 40.5. The lowest BCUT2D eigenvalue weighted by Crippen LogP contribution is -2.25. The molecular weight excluding hydrogens is 746 g/mol. The van der Waals surface area contributed by atoms with Crippen molar-refractivity contribution in [3.05, 3.63) is 126 Å². The largest absolute Gasteiger partial charge is 0.487 e. The van der Waals surface area contributed by atoms with Crippen LogP contribution in [0, 0.1) is 35.1 Å². The van der Waals surface area contributed by atoms with E-state index in [4.69, 9.17) is 47.4 Å². The van der Waals surface area contributed by atoms with Crippen molar-refractivity contribution < 1.29 is 57.0 Å². The molecule has 5 rings (SSSR count). The summed E-state index contributed by atoms with van der Waals surface area (Å²) in [6, 6.07) is 26.2. The Morgan fingerprint density at radius 3 is 0.983 bits per heavy atom. The molecule has 1 aliphatic heterocycles. The lowest BCUT2D eigenvalue weighted by atomic mass is 10.1. The normalized spacial score (nSPS) is 14.6. The number of hydrogen-bond acceptors (Lipinski definition) is 13. The summed E-state index contributed by atoms with van der Waals surface area (Å²) in [5.74, 6) is 1.90. The molecular formula is C45H58NO12-. The van der Waals surface area contributed by atoms with Crippen LogP contribution >= 0.6 is 0 Å². The lowest BCUT2D eigenvalue weighted by molar-refractivity contribution is 0.0223. The van der Waals surface area contributed by atoms with Crippen LogP contribution in [0.4, 0.5) is 0 Å². The maximum Gasteiger partial charge on any atom is 0.339 e. The van der Waals surface area contributed by atoms with Gasteiger partial charge < -0.3 is 54.8 Å². The summed E-state index contributed by atoms with van der Waals surface area (Å²) in [6.07, 6.45) is 0. The number of hydrogen-bond donors (Lipinski definition) is 1. The predicted molar refractivity (Wildman–Crippen MR) is 220 cm³/mol. The fourth-order valence-electron chi connectivity index (χ4n) is 5.49. The summed E-state index contributed by atoms with van der Waals surface area (Å²) in [5, 5.41) is 2.76. The van der Waals surface area contributed by atoms with Crippen LogP contribution in [-0.2, 0) is 28.4 Å². The molecule has 0 fully saturated rings. The fourth-order valence-corrected chi connectivity index (χ4v) is 5.49. The summed E-state index contributed by atoms with van der Waals surface area (Å²) < 4.78 is 55.6. The fraction of sp³-hybridized carbons (Fsp3) is 0.400. The summed E-state index contributed by atoms with van der Waals surface area (Å²) in [4.78, 5) is 23.9. The summed E-state index contributed by atoms with van der Waals surface area (Å²) in [5.41, 5.74) is 5.02. The molecule has 4 aromatic carbocycles. The van der Waals surface area contributed by atoms with Gasteiger partial charge >= 0.3 is 11.9 Å². The van der Waals surface area contributed by atoms with Gasteiger partial charge in [0.05, 0.1) is 64.0 Å². The van der Waals surface area contributed by atoms with Gasteiger partial charge in [-0.3, -0.25) is 5.32 Å². The molecule has 316 valence electrons. The van der Waals surface area contributed by atoms with Crippen LogP contribution in [0.3, 0.4) is 0 Å². The number of esters is 2. The zero-order valence-electron chi connectivity index (χ0n) is 34.4. The maximum absolute atomic E-state index is 12.0. The highest BCUT2D eigenvalue weighted by molar-refractivity contribution is 5.90. The Hall–Kier alpha value is -5.18. The second kappa shape index (κ2) is 27.5. The molecule has 1 N–H and O–H groups in total. The van der Waals surface area contributed by atoms with E-state index >= 15 is 0 Å². The van der Waals surface area contributed by atoms with E-state index in [-0.39, 0.29) is 20.9 Å². The number of rotatable bonds is 6. The first kappa shape index (κ1) is 47.2. The van der Waals surface area contributed by atoms with Crippen LogP contribution < -0.4 is 24.3 Å². The van der Waals surface area contributed by atoms with Crippen molar-refractivity contribution in [3.8, 4) is 23.0 Å². The molecule has 0 saturated carbocycles. The first-order valence-corrected chi connectivity index (χ1v) is 19.0. The van der Waals surface area contributed by atoms with Crippen molar-refractivity contribution in [2.75, 3.05) is 92.7 Å². The quantitative estimate of drug-likeness (QED) is 0.0940. The van der Waals surface area contributed by atoms with Gasteiger partial charge in [-0.05, 0) is 76.2 Å². The number of carbonyl (C=O) groups is 2. The van der Waals surface area contributed by atoms with E-state index in [1.165, 1.54) is 0 Å². The minimum absolute atomic E-state index is 0. The maximum atomic E-state index is 12.0. The molecule has 1 heterocycles. The third-order valence-electron chi connectivity index (χ3n) is 7.91. The minimum Gasteiger partial charge on any atom is -0.487 e. The van der Waals surface area contributed by atoms with Crippen molar-refractivity contribution in [1.82, 2.24) is 5.32 Å². The number of benzene rings is 4. The molecule has 0 aliphatic carbocycles. The second-order valence-corrected chi connectivity index (χ2v) is 12.9. The first-order valence-electron chi connectivity index (χ1n) is 19.0. The number of ether oxygens (including phenoxy) is 10. The van der Waals surface area contributed by atoms with Gasteiger partial charge in [0.25, 0.3) is 0 Å². The molecule has 0 amide bonds. The Kier molecular flexibility index (Phi) is 22.3. The molecule has 0 saturated heterocycles. The third kappa shape index (κ3) is 18.4. The molecule has 1 aliphatic rings. The number of fused-ring (bicyclic) bond motifs is 2. The Bertz CT molecular complexity index is 1570. The highest BCUT2D eigenvalue weighted by Crippen LogP contribution is 2.27. The van der Waals surface area contributed by atoms with E-state index < -0.39 is 11.9 Å². The van der Waals surface area contributed by atoms with Crippen LogP contribution in [0.15, 0.2) is 84.9 Å². The van der Waals surface area contributed by atoms with Gasteiger partial charge in [-0.2, -0.15) is 0 Å². The number of nitrogens with one attached hydrogen (secondary N) is 1. The molecule has 0 radical (unpaired) electrons. The third-order valence-corrected chi connectivity index (χ3v) is 7.91. The lowest BCUT2D eigenvalue weighted by Gasteiger charge is -2.14.